The second kappa shape index (κ2) is 8.85. The number of nitrogens with one attached hydrogen (secondary N) is 1. The SMILES string of the molecule is CC(=O)CC(C(=O)NC(CO)C(C)(C)C)n1ccc(-c2ccc(C#N)cc2)c1. The summed E-state index contributed by atoms with van der Waals surface area (Å²) in [6.45, 7) is 7.09. The van der Waals surface area contributed by atoms with E-state index < -0.39 is 12.1 Å². The number of hydrogen-bond donors (Lipinski definition) is 2. The molecule has 0 fully saturated rings. The lowest BCUT2D eigenvalue weighted by atomic mass is 9.87. The molecule has 0 saturated carbocycles. The number of Topliss-reactive ketones (excluding diaryl/α,β-unsaturated/α-hetero) is 1. The minimum Gasteiger partial charge on any atom is -0.394 e. The van der Waals surface area contributed by atoms with Crippen LogP contribution in [-0.2, 0) is 9.59 Å². The summed E-state index contributed by atoms with van der Waals surface area (Å²) in [5.74, 6) is -0.392. The molecule has 0 radical (unpaired) electrons. The second-order valence-electron chi connectivity index (χ2n) is 8.07. The average molecular weight is 381 g/mol. The first-order valence-corrected chi connectivity index (χ1v) is 9.24. The fraction of sp³-hybridized carbons (Fsp3) is 0.409. The topological polar surface area (TPSA) is 95.1 Å². The zero-order valence-corrected chi connectivity index (χ0v) is 16.8. The Morgan fingerprint density at radius 1 is 1.18 bits per heavy atom. The zero-order chi connectivity index (χ0) is 20.9. The number of nitrogens with zero attached hydrogens (tertiary/aromatic N) is 2. The van der Waals surface area contributed by atoms with Crippen LogP contribution in [0.5, 0.6) is 0 Å². The fourth-order valence-corrected chi connectivity index (χ4v) is 2.92. The molecule has 0 aliphatic heterocycles. The number of carbonyl (C=O) groups is 2. The predicted octanol–water partition coefficient (Wildman–Crippen LogP) is 3.07. The van der Waals surface area contributed by atoms with Gasteiger partial charge in [-0.15, -0.1) is 0 Å². The Hall–Kier alpha value is -2.91. The summed E-state index contributed by atoms with van der Waals surface area (Å²) in [5.41, 5.74) is 2.08. The predicted molar refractivity (Wildman–Crippen MR) is 107 cm³/mol. The van der Waals surface area contributed by atoms with Crippen molar-refractivity contribution in [1.29, 1.82) is 5.26 Å². The number of rotatable bonds is 7. The third-order valence-corrected chi connectivity index (χ3v) is 4.75. The van der Waals surface area contributed by atoms with E-state index in [4.69, 9.17) is 5.26 Å². The summed E-state index contributed by atoms with van der Waals surface area (Å²) in [6.07, 6.45) is 3.65. The van der Waals surface area contributed by atoms with E-state index in [0.717, 1.165) is 11.1 Å². The number of amides is 1. The molecule has 2 unspecified atom stereocenters. The molecule has 148 valence electrons. The van der Waals surface area contributed by atoms with E-state index in [0.29, 0.717) is 5.56 Å². The maximum absolute atomic E-state index is 12.9. The maximum Gasteiger partial charge on any atom is 0.243 e. The monoisotopic (exact) mass is 381 g/mol. The fourth-order valence-electron chi connectivity index (χ4n) is 2.92. The molecule has 0 saturated heterocycles. The minimum atomic E-state index is -0.693. The summed E-state index contributed by atoms with van der Waals surface area (Å²) in [4.78, 5) is 24.7. The number of benzene rings is 1. The highest BCUT2D eigenvalue weighted by atomic mass is 16.3. The van der Waals surface area contributed by atoms with Gasteiger partial charge in [0.1, 0.15) is 11.8 Å². The number of hydrogen-bond acceptors (Lipinski definition) is 4. The van der Waals surface area contributed by atoms with Gasteiger partial charge in [-0.1, -0.05) is 32.9 Å². The Labute approximate surface area is 165 Å². The standard InChI is InChI=1S/C22H27N3O3/c1-15(27)11-19(21(28)24-20(14-26)22(2,3)4)25-10-9-18(13-25)17-7-5-16(12-23)6-8-17/h5-10,13,19-20,26H,11,14H2,1-4H3,(H,24,28). The molecule has 0 bridgehead atoms. The van der Waals surface area contributed by atoms with Crippen LogP contribution in [0, 0.1) is 16.7 Å². The van der Waals surface area contributed by atoms with Gasteiger partial charge in [0.25, 0.3) is 0 Å². The smallest absolute Gasteiger partial charge is 0.243 e. The van der Waals surface area contributed by atoms with Crippen LogP contribution in [0.3, 0.4) is 0 Å². The molecule has 2 atom stereocenters. The number of aromatic nitrogens is 1. The minimum absolute atomic E-state index is 0.0651. The van der Waals surface area contributed by atoms with Crippen molar-refractivity contribution in [2.75, 3.05) is 6.61 Å². The Balaban J connectivity index is 2.28. The molecule has 0 aliphatic rings. The highest BCUT2D eigenvalue weighted by molar-refractivity contribution is 5.87. The van der Waals surface area contributed by atoms with Crippen LogP contribution in [-0.4, -0.2) is 34.0 Å². The summed E-state index contributed by atoms with van der Waals surface area (Å²) >= 11 is 0. The lowest BCUT2D eigenvalue weighted by molar-refractivity contribution is -0.129. The quantitative estimate of drug-likeness (QED) is 0.770. The van der Waals surface area contributed by atoms with Crippen LogP contribution in [0.15, 0.2) is 42.7 Å². The summed E-state index contributed by atoms with van der Waals surface area (Å²) in [6, 6.07) is 10.0. The zero-order valence-electron chi connectivity index (χ0n) is 16.8. The van der Waals surface area contributed by atoms with Gasteiger partial charge in [-0.25, -0.2) is 0 Å². The van der Waals surface area contributed by atoms with Gasteiger partial charge in [0.05, 0.1) is 24.3 Å². The highest BCUT2D eigenvalue weighted by Gasteiger charge is 2.29. The van der Waals surface area contributed by atoms with Gasteiger partial charge in [0.2, 0.25) is 5.91 Å². The largest absolute Gasteiger partial charge is 0.394 e. The van der Waals surface area contributed by atoms with Gasteiger partial charge in [-0.3, -0.25) is 9.59 Å². The molecule has 28 heavy (non-hydrogen) atoms. The lowest BCUT2D eigenvalue weighted by Gasteiger charge is -2.31. The Kier molecular flexibility index (Phi) is 6.76. The number of nitriles is 1. The highest BCUT2D eigenvalue weighted by Crippen LogP contribution is 2.25. The molecular formula is C22H27N3O3. The van der Waals surface area contributed by atoms with Crippen molar-refractivity contribution in [1.82, 2.24) is 9.88 Å². The maximum atomic E-state index is 12.9. The average Bonchev–Trinajstić information content (AvgIpc) is 3.12. The Morgan fingerprint density at radius 3 is 2.32 bits per heavy atom. The third-order valence-electron chi connectivity index (χ3n) is 4.75. The van der Waals surface area contributed by atoms with E-state index in [2.05, 4.69) is 11.4 Å². The van der Waals surface area contributed by atoms with Crippen molar-refractivity contribution in [3.05, 3.63) is 48.3 Å². The molecule has 1 aromatic heterocycles. The van der Waals surface area contributed by atoms with E-state index in [1.165, 1.54) is 6.92 Å². The van der Waals surface area contributed by atoms with Crippen LogP contribution in [0.25, 0.3) is 11.1 Å². The van der Waals surface area contributed by atoms with Crippen molar-refractivity contribution in [2.45, 2.75) is 46.2 Å². The third kappa shape index (κ3) is 5.30. The van der Waals surface area contributed by atoms with Crippen molar-refractivity contribution < 1.29 is 14.7 Å². The van der Waals surface area contributed by atoms with E-state index in [1.54, 1.807) is 22.9 Å². The molecule has 6 heteroatoms. The van der Waals surface area contributed by atoms with Gasteiger partial charge < -0.3 is 15.0 Å². The molecule has 1 amide bonds. The lowest BCUT2D eigenvalue weighted by Crippen LogP contribution is -2.48. The Bertz CT molecular complexity index is 870. The normalized spacial score (nSPS) is 13.4. The van der Waals surface area contributed by atoms with E-state index in [1.807, 2.05) is 45.2 Å². The Morgan fingerprint density at radius 2 is 1.82 bits per heavy atom. The molecule has 6 nitrogen and oxygen atoms in total. The molecule has 1 heterocycles. The van der Waals surface area contributed by atoms with E-state index in [9.17, 15) is 14.7 Å². The molecule has 2 rings (SSSR count). The molecule has 2 N–H and O–H groups in total. The summed E-state index contributed by atoms with van der Waals surface area (Å²) < 4.78 is 1.72. The molecule has 1 aromatic carbocycles. The van der Waals surface area contributed by atoms with E-state index in [-0.39, 0.29) is 30.1 Å². The van der Waals surface area contributed by atoms with Gasteiger partial charge in [0.15, 0.2) is 0 Å². The van der Waals surface area contributed by atoms with Crippen LogP contribution in [0.2, 0.25) is 0 Å². The van der Waals surface area contributed by atoms with Gasteiger partial charge in [0, 0.05) is 18.8 Å². The summed E-state index contributed by atoms with van der Waals surface area (Å²) in [7, 11) is 0. The molecular weight excluding hydrogens is 354 g/mol. The number of carbonyl (C=O) groups excluding carboxylic acids is 2. The van der Waals surface area contributed by atoms with Crippen LogP contribution < -0.4 is 5.32 Å². The molecule has 0 aliphatic carbocycles. The first-order chi connectivity index (χ1) is 13.2. The number of aliphatic hydroxyl groups excluding tert-OH is 1. The van der Waals surface area contributed by atoms with Crippen molar-refractivity contribution in [3.8, 4) is 17.2 Å². The van der Waals surface area contributed by atoms with Gasteiger partial charge in [-0.2, -0.15) is 5.26 Å². The van der Waals surface area contributed by atoms with Crippen molar-refractivity contribution in [3.63, 3.8) is 0 Å². The van der Waals surface area contributed by atoms with Crippen LogP contribution in [0.1, 0.15) is 45.7 Å². The first kappa shape index (κ1) is 21.4. The molecule has 2 aromatic rings. The number of ketones is 1. The first-order valence-electron chi connectivity index (χ1n) is 9.24. The van der Waals surface area contributed by atoms with Crippen molar-refractivity contribution >= 4 is 11.7 Å². The van der Waals surface area contributed by atoms with Crippen LogP contribution in [0.4, 0.5) is 0 Å². The second-order valence-corrected chi connectivity index (χ2v) is 8.07. The van der Waals surface area contributed by atoms with E-state index >= 15 is 0 Å². The molecule has 0 spiro atoms. The number of aliphatic hydroxyl groups is 1. The van der Waals surface area contributed by atoms with Gasteiger partial charge in [-0.05, 0) is 41.7 Å². The van der Waals surface area contributed by atoms with Gasteiger partial charge >= 0.3 is 0 Å². The van der Waals surface area contributed by atoms with Crippen molar-refractivity contribution in [2.24, 2.45) is 5.41 Å². The van der Waals surface area contributed by atoms with Crippen LogP contribution >= 0.6 is 0 Å². The summed E-state index contributed by atoms with van der Waals surface area (Å²) in [5, 5.41) is 21.4.